The van der Waals surface area contributed by atoms with Gasteiger partial charge < -0.3 is 9.32 Å². The number of aromatic nitrogens is 2. The second-order valence-corrected chi connectivity index (χ2v) is 8.43. The molecule has 0 aliphatic rings. The molecule has 0 unspecified atom stereocenters. The minimum absolute atomic E-state index is 0.0675. The number of hydrogen-bond donors (Lipinski definition) is 0. The van der Waals surface area contributed by atoms with Gasteiger partial charge in [-0.25, -0.2) is 8.42 Å². The molecule has 10 heteroatoms. The number of sulfonamides is 1. The van der Waals surface area contributed by atoms with Gasteiger partial charge in [-0.3, -0.25) is 4.79 Å². The van der Waals surface area contributed by atoms with Crippen molar-refractivity contribution in [3.63, 3.8) is 0 Å². The molecular weight excluding hydrogens is 376 g/mol. The lowest BCUT2D eigenvalue weighted by atomic mass is 10.2. The molecule has 26 heavy (non-hydrogen) atoms. The van der Waals surface area contributed by atoms with E-state index in [1.54, 1.807) is 46.1 Å². The number of hydrogen-bond acceptors (Lipinski definition) is 7. The highest BCUT2D eigenvalue weighted by atomic mass is 32.2. The van der Waals surface area contributed by atoms with Gasteiger partial charge in [-0.1, -0.05) is 31.7 Å². The molecule has 1 aromatic heterocycles. The molecule has 0 radical (unpaired) electrons. The van der Waals surface area contributed by atoms with E-state index in [1.165, 1.54) is 15.3 Å². The number of thioether (sulfide) groups is 1. The summed E-state index contributed by atoms with van der Waals surface area (Å²) in [5.74, 6) is 0.328. The van der Waals surface area contributed by atoms with E-state index in [1.807, 2.05) is 0 Å². The lowest BCUT2D eigenvalue weighted by Crippen LogP contribution is -2.30. The highest BCUT2D eigenvalue weighted by Crippen LogP contribution is 2.26. The molecule has 142 valence electrons. The summed E-state index contributed by atoms with van der Waals surface area (Å²) in [6, 6.07) is 6.39. The van der Waals surface area contributed by atoms with Gasteiger partial charge in [0.1, 0.15) is 0 Å². The van der Waals surface area contributed by atoms with Crippen molar-refractivity contribution in [2.75, 3.05) is 32.9 Å². The first kappa shape index (κ1) is 20.4. The highest BCUT2D eigenvalue weighted by Gasteiger charge is 2.22. The van der Waals surface area contributed by atoms with E-state index in [9.17, 15) is 13.2 Å². The Kier molecular flexibility index (Phi) is 6.79. The van der Waals surface area contributed by atoms with Gasteiger partial charge in [0.15, 0.2) is 0 Å². The Balaban J connectivity index is 2.22. The molecule has 0 aliphatic carbocycles. The molecule has 2 rings (SSSR count). The van der Waals surface area contributed by atoms with Crippen LogP contribution in [0.2, 0.25) is 0 Å². The fourth-order valence-electron chi connectivity index (χ4n) is 2.14. The van der Waals surface area contributed by atoms with Crippen LogP contribution in [0.3, 0.4) is 0 Å². The van der Waals surface area contributed by atoms with Crippen LogP contribution in [-0.4, -0.2) is 66.7 Å². The summed E-state index contributed by atoms with van der Waals surface area (Å²) in [6.07, 6.45) is 0. The molecule has 0 aliphatic heterocycles. The largest absolute Gasteiger partial charge is 0.411 e. The van der Waals surface area contributed by atoms with Crippen LogP contribution < -0.4 is 0 Å². The molecule has 1 amide bonds. The fraction of sp³-hybridized carbons (Fsp3) is 0.438. The Bertz CT molecular complexity index is 861. The predicted octanol–water partition coefficient (Wildman–Crippen LogP) is 1.95. The Hall–Kier alpha value is -1.91. The molecule has 1 aromatic carbocycles. The molecule has 0 bridgehead atoms. The second-order valence-electron chi connectivity index (χ2n) is 5.57. The number of carbonyl (C=O) groups is 1. The fourth-order valence-corrected chi connectivity index (χ4v) is 4.39. The standard InChI is InChI=1S/C16H22N4O4S2/c1-5-20(6-2)26(22,23)13-9-7-8-12(10-13)15-17-18-16(24-15)25-11-14(21)19(3)4/h7-10H,5-6,11H2,1-4H3. The third-order valence-electron chi connectivity index (χ3n) is 3.65. The second kappa shape index (κ2) is 8.65. The molecule has 0 fully saturated rings. The van der Waals surface area contributed by atoms with Gasteiger partial charge in [0.05, 0.1) is 10.6 Å². The quantitative estimate of drug-likeness (QED) is 0.627. The van der Waals surface area contributed by atoms with Crippen LogP contribution in [0.15, 0.2) is 38.8 Å². The SMILES string of the molecule is CCN(CC)S(=O)(=O)c1cccc(-c2nnc(SCC(=O)N(C)C)o2)c1. The topological polar surface area (TPSA) is 96.6 Å². The maximum absolute atomic E-state index is 12.6. The van der Waals surface area contributed by atoms with Crippen molar-refractivity contribution in [2.45, 2.75) is 24.0 Å². The average Bonchev–Trinajstić information content (AvgIpc) is 3.09. The van der Waals surface area contributed by atoms with Crippen molar-refractivity contribution in [3.05, 3.63) is 24.3 Å². The Labute approximate surface area is 157 Å². The van der Waals surface area contributed by atoms with E-state index in [-0.39, 0.29) is 27.7 Å². The van der Waals surface area contributed by atoms with Crippen molar-refractivity contribution >= 4 is 27.7 Å². The van der Waals surface area contributed by atoms with Crippen molar-refractivity contribution in [1.29, 1.82) is 0 Å². The lowest BCUT2D eigenvalue weighted by Gasteiger charge is -2.18. The van der Waals surface area contributed by atoms with E-state index in [2.05, 4.69) is 10.2 Å². The Morgan fingerprint density at radius 3 is 2.50 bits per heavy atom. The summed E-state index contributed by atoms with van der Waals surface area (Å²) in [4.78, 5) is 13.3. The maximum atomic E-state index is 12.6. The number of nitrogens with zero attached hydrogens (tertiary/aromatic N) is 4. The first-order valence-corrected chi connectivity index (χ1v) is 10.5. The van der Waals surface area contributed by atoms with E-state index < -0.39 is 10.0 Å². The van der Waals surface area contributed by atoms with Gasteiger partial charge in [-0.15, -0.1) is 10.2 Å². The molecule has 0 saturated heterocycles. The number of amides is 1. The predicted molar refractivity (Wildman–Crippen MR) is 99.3 cm³/mol. The van der Waals surface area contributed by atoms with Crippen molar-refractivity contribution < 1.29 is 17.6 Å². The van der Waals surface area contributed by atoms with Crippen molar-refractivity contribution in [2.24, 2.45) is 0 Å². The zero-order valence-corrected chi connectivity index (χ0v) is 16.8. The summed E-state index contributed by atoms with van der Waals surface area (Å²) < 4.78 is 32.2. The third-order valence-corrected chi connectivity index (χ3v) is 6.50. The summed E-state index contributed by atoms with van der Waals surface area (Å²) in [7, 11) is -0.227. The van der Waals surface area contributed by atoms with E-state index in [4.69, 9.17) is 4.42 Å². The molecule has 0 N–H and O–H groups in total. The Morgan fingerprint density at radius 2 is 1.88 bits per heavy atom. The summed E-state index contributed by atoms with van der Waals surface area (Å²) >= 11 is 1.14. The van der Waals surface area contributed by atoms with Crippen molar-refractivity contribution in [1.82, 2.24) is 19.4 Å². The van der Waals surface area contributed by atoms with Crippen molar-refractivity contribution in [3.8, 4) is 11.5 Å². The van der Waals surface area contributed by atoms with Crippen LogP contribution in [0.4, 0.5) is 0 Å². The van der Waals surface area contributed by atoms with E-state index in [0.717, 1.165) is 11.8 Å². The monoisotopic (exact) mass is 398 g/mol. The lowest BCUT2D eigenvalue weighted by molar-refractivity contribution is -0.125. The van der Waals surface area contributed by atoms with Crippen LogP contribution in [0.25, 0.3) is 11.5 Å². The zero-order chi connectivity index (χ0) is 19.3. The van der Waals surface area contributed by atoms with Crippen LogP contribution in [0, 0.1) is 0 Å². The molecule has 0 spiro atoms. The number of benzene rings is 1. The van der Waals surface area contributed by atoms with Gasteiger partial charge in [0, 0.05) is 32.7 Å². The first-order valence-electron chi connectivity index (χ1n) is 8.06. The van der Waals surface area contributed by atoms with Gasteiger partial charge in [-0.2, -0.15) is 4.31 Å². The van der Waals surface area contributed by atoms with Gasteiger partial charge in [0.25, 0.3) is 5.22 Å². The van der Waals surface area contributed by atoms with Crippen LogP contribution >= 0.6 is 11.8 Å². The Morgan fingerprint density at radius 1 is 1.19 bits per heavy atom. The molecule has 2 aromatic rings. The normalized spacial score (nSPS) is 11.7. The van der Waals surface area contributed by atoms with Gasteiger partial charge in [0.2, 0.25) is 21.8 Å². The summed E-state index contributed by atoms with van der Waals surface area (Å²) in [6.45, 7) is 4.37. The maximum Gasteiger partial charge on any atom is 0.277 e. The van der Waals surface area contributed by atoms with Gasteiger partial charge in [-0.05, 0) is 18.2 Å². The van der Waals surface area contributed by atoms with Crippen LogP contribution in [0.5, 0.6) is 0 Å². The summed E-state index contributed by atoms with van der Waals surface area (Å²) in [5.41, 5.74) is 0.511. The number of carbonyl (C=O) groups excluding carboxylic acids is 1. The van der Waals surface area contributed by atoms with Gasteiger partial charge >= 0.3 is 0 Å². The van der Waals surface area contributed by atoms with E-state index in [0.29, 0.717) is 18.7 Å². The molecular formula is C16H22N4O4S2. The minimum Gasteiger partial charge on any atom is -0.411 e. The third kappa shape index (κ3) is 4.63. The molecule has 1 heterocycles. The molecule has 0 saturated carbocycles. The first-order chi connectivity index (χ1) is 12.3. The highest BCUT2D eigenvalue weighted by molar-refractivity contribution is 7.99. The smallest absolute Gasteiger partial charge is 0.277 e. The molecule has 8 nitrogen and oxygen atoms in total. The van der Waals surface area contributed by atoms with E-state index >= 15 is 0 Å². The minimum atomic E-state index is -3.57. The van der Waals surface area contributed by atoms with Crippen LogP contribution in [-0.2, 0) is 14.8 Å². The zero-order valence-electron chi connectivity index (χ0n) is 15.2. The average molecular weight is 399 g/mol. The van der Waals surface area contributed by atoms with Crippen LogP contribution in [0.1, 0.15) is 13.8 Å². The number of rotatable bonds is 8. The molecule has 0 atom stereocenters. The summed E-state index contributed by atoms with van der Waals surface area (Å²) in [5, 5.41) is 8.10.